The molecule has 0 saturated carbocycles. The largest absolute Gasteiger partial charge is 0.383 e. The van der Waals surface area contributed by atoms with Crippen LogP contribution in [0.5, 0.6) is 0 Å². The van der Waals surface area contributed by atoms with Crippen molar-refractivity contribution in [3.05, 3.63) is 51.7 Å². The Labute approximate surface area is 133 Å². The zero-order valence-corrected chi connectivity index (χ0v) is 12.9. The van der Waals surface area contributed by atoms with Crippen LogP contribution in [0, 0.1) is 0 Å². The van der Waals surface area contributed by atoms with Gasteiger partial charge in [0.15, 0.2) is 0 Å². The molecule has 1 aliphatic heterocycles. The molecule has 6 heteroatoms. The number of carbonyl (C=O) groups is 1. The topological polar surface area (TPSA) is 93.5 Å². The SMILES string of the molecule is NC(=O)CC1NCCc2ccc(N=C(N)c3cccs3)cc21. The number of thiophene rings is 1. The van der Waals surface area contributed by atoms with Gasteiger partial charge in [-0.3, -0.25) is 4.79 Å². The summed E-state index contributed by atoms with van der Waals surface area (Å²) in [5, 5.41) is 5.31. The van der Waals surface area contributed by atoms with Gasteiger partial charge in [-0.25, -0.2) is 4.99 Å². The minimum atomic E-state index is -0.308. The molecule has 22 heavy (non-hydrogen) atoms. The van der Waals surface area contributed by atoms with E-state index in [2.05, 4.69) is 16.4 Å². The van der Waals surface area contributed by atoms with Crippen molar-refractivity contribution in [2.24, 2.45) is 16.5 Å². The Morgan fingerprint density at radius 2 is 2.23 bits per heavy atom. The summed E-state index contributed by atoms with van der Waals surface area (Å²) in [4.78, 5) is 16.7. The first-order valence-electron chi connectivity index (χ1n) is 7.16. The molecule has 5 N–H and O–H groups in total. The molecule has 114 valence electrons. The number of hydrogen-bond acceptors (Lipinski definition) is 4. The number of benzene rings is 1. The Bertz CT molecular complexity index is 709. The van der Waals surface area contributed by atoms with E-state index >= 15 is 0 Å². The number of nitrogens with two attached hydrogens (primary N) is 2. The summed E-state index contributed by atoms with van der Waals surface area (Å²) in [5.41, 5.74) is 14.5. The Balaban J connectivity index is 1.92. The molecule has 0 radical (unpaired) electrons. The van der Waals surface area contributed by atoms with Crippen LogP contribution in [0.3, 0.4) is 0 Å². The van der Waals surface area contributed by atoms with Crippen molar-refractivity contribution in [1.82, 2.24) is 5.32 Å². The van der Waals surface area contributed by atoms with Crippen molar-refractivity contribution in [2.75, 3.05) is 6.54 Å². The van der Waals surface area contributed by atoms with Crippen LogP contribution in [0.4, 0.5) is 5.69 Å². The summed E-state index contributed by atoms with van der Waals surface area (Å²) in [6.07, 6.45) is 1.23. The van der Waals surface area contributed by atoms with Gasteiger partial charge in [0.05, 0.1) is 10.6 Å². The third-order valence-corrected chi connectivity index (χ3v) is 4.61. The van der Waals surface area contributed by atoms with Crippen LogP contribution in [0.15, 0.2) is 40.7 Å². The van der Waals surface area contributed by atoms with E-state index < -0.39 is 0 Å². The van der Waals surface area contributed by atoms with Crippen molar-refractivity contribution in [1.29, 1.82) is 0 Å². The molecule has 1 unspecified atom stereocenters. The fourth-order valence-electron chi connectivity index (χ4n) is 2.70. The predicted molar refractivity (Wildman–Crippen MR) is 89.4 cm³/mol. The van der Waals surface area contributed by atoms with E-state index in [-0.39, 0.29) is 11.9 Å². The average molecular weight is 314 g/mol. The number of fused-ring (bicyclic) bond motifs is 1. The van der Waals surface area contributed by atoms with Crippen molar-refractivity contribution in [2.45, 2.75) is 18.9 Å². The third-order valence-electron chi connectivity index (χ3n) is 3.72. The van der Waals surface area contributed by atoms with E-state index in [0.717, 1.165) is 29.1 Å². The molecule has 1 aromatic carbocycles. The summed E-state index contributed by atoms with van der Waals surface area (Å²) < 4.78 is 0. The standard InChI is InChI=1S/C16H18N4OS/c17-15(21)9-13-12-8-11(4-3-10(12)5-6-19-13)20-16(18)14-2-1-7-22-14/h1-4,7-8,13,19H,5-6,9H2,(H2,17,21)(H2,18,20). The second kappa shape index (κ2) is 6.29. The van der Waals surface area contributed by atoms with Crippen molar-refractivity contribution < 1.29 is 4.79 Å². The maximum absolute atomic E-state index is 11.2. The lowest BCUT2D eigenvalue weighted by molar-refractivity contribution is -0.118. The number of nitrogens with one attached hydrogen (secondary N) is 1. The second-order valence-electron chi connectivity index (χ2n) is 5.28. The van der Waals surface area contributed by atoms with Crippen LogP contribution in [-0.2, 0) is 11.2 Å². The molecule has 1 atom stereocenters. The number of nitrogens with zero attached hydrogens (tertiary/aromatic N) is 1. The molecule has 0 aliphatic carbocycles. The van der Waals surface area contributed by atoms with Gasteiger partial charge in [0.25, 0.3) is 0 Å². The average Bonchev–Trinajstić information content (AvgIpc) is 3.01. The highest BCUT2D eigenvalue weighted by molar-refractivity contribution is 7.12. The Kier molecular flexibility index (Phi) is 4.22. The maximum Gasteiger partial charge on any atom is 0.219 e. The van der Waals surface area contributed by atoms with E-state index in [1.165, 1.54) is 5.56 Å². The van der Waals surface area contributed by atoms with Crippen LogP contribution in [0.2, 0.25) is 0 Å². The van der Waals surface area contributed by atoms with Gasteiger partial charge >= 0.3 is 0 Å². The molecule has 0 spiro atoms. The van der Waals surface area contributed by atoms with E-state index in [1.54, 1.807) is 11.3 Å². The fourth-order valence-corrected chi connectivity index (χ4v) is 3.32. The van der Waals surface area contributed by atoms with E-state index in [9.17, 15) is 4.79 Å². The number of amidine groups is 1. The van der Waals surface area contributed by atoms with Gasteiger partial charge in [0.1, 0.15) is 5.84 Å². The molecular weight excluding hydrogens is 296 g/mol. The van der Waals surface area contributed by atoms with Crippen LogP contribution < -0.4 is 16.8 Å². The molecule has 2 aromatic rings. The van der Waals surface area contributed by atoms with Crippen molar-refractivity contribution in [3.63, 3.8) is 0 Å². The smallest absolute Gasteiger partial charge is 0.219 e. The van der Waals surface area contributed by atoms with Gasteiger partial charge in [-0.05, 0) is 47.7 Å². The number of aliphatic imine (C=N–C) groups is 1. The molecule has 0 bridgehead atoms. The Hall–Kier alpha value is -2.18. The van der Waals surface area contributed by atoms with E-state index in [4.69, 9.17) is 11.5 Å². The Morgan fingerprint density at radius 1 is 1.36 bits per heavy atom. The molecule has 0 saturated heterocycles. The van der Waals surface area contributed by atoms with Gasteiger partial charge in [-0.15, -0.1) is 11.3 Å². The first-order valence-corrected chi connectivity index (χ1v) is 8.04. The van der Waals surface area contributed by atoms with Gasteiger partial charge in [0.2, 0.25) is 5.91 Å². The van der Waals surface area contributed by atoms with Crippen LogP contribution in [-0.4, -0.2) is 18.3 Å². The minimum Gasteiger partial charge on any atom is -0.383 e. The highest BCUT2D eigenvalue weighted by atomic mass is 32.1. The van der Waals surface area contributed by atoms with E-state index in [0.29, 0.717) is 12.3 Å². The number of primary amides is 1. The van der Waals surface area contributed by atoms with Crippen LogP contribution >= 0.6 is 11.3 Å². The monoisotopic (exact) mass is 314 g/mol. The van der Waals surface area contributed by atoms with Crippen LogP contribution in [0.1, 0.15) is 28.5 Å². The molecule has 3 rings (SSSR count). The minimum absolute atomic E-state index is 0.0423. The molecule has 1 amide bonds. The van der Waals surface area contributed by atoms with Crippen molar-refractivity contribution >= 4 is 28.8 Å². The third kappa shape index (κ3) is 3.18. The summed E-state index contributed by atoms with van der Waals surface area (Å²) in [6.45, 7) is 0.852. The first kappa shape index (κ1) is 14.7. The van der Waals surface area contributed by atoms with E-state index in [1.807, 2.05) is 29.6 Å². The van der Waals surface area contributed by atoms with Gasteiger partial charge < -0.3 is 16.8 Å². The maximum atomic E-state index is 11.2. The molecule has 1 aliphatic rings. The Morgan fingerprint density at radius 3 is 2.95 bits per heavy atom. The zero-order valence-electron chi connectivity index (χ0n) is 12.1. The lowest BCUT2D eigenvalue weighted by Gasteiger charge is -2.26. The highest BCUT2D eigenvalue weighted by Crippen LogP contribution is 2.29. The molecule has 2 heterocycles. The quantitative estimate of drug-likeness (QED) is 0.594. The summed E-state index contributed by atoms with van der Waals surface area (Å²) >= 11 is 1.56. The predicted octanol–water partition coefficient (Wildman–Crippen LogP) is 1.85. The van der Waals surface area contributed by atoms with Gasteiger partial charge in [-0.1, -0.05) is 12.1 Å². The lowest BCUT2D eigenvalue weighted by Crippen LogP contribution is -2.32. The zero-order chi connectivity index (χ0) is 15.5. The fraction of sp³-hybridized carbons (Fsp3) is 0.250. The molecular formula is C16H18N4OS. The molecule has 5 nitrogen and oxygen atoms in total. The number of amides is 1. The highest BCUT2D eigenvalue weighted by Gasteiger charge is 2.21. The summed E-state index contributed by atoms with van der Waals surface area (Å²) in [6, 6.07) is 9.87. The second-order valence-corrected chi connectivity index (χ2v) is 6.23. The number of hydrogen-bond donors (Lipinski definition) is 3. The lowest BCUT2D eigenvalue weighted by atomic mass is 9.92. The summed E-state index contributed by atoms with van der Waals surface area (Å²) in [7, 11) is 0. The van der Waals surface area contributed by atoms with Gasteiger partial charge in [0, 0.05) is 12.5 Å². The first-order chi connectivity index (χ1) is 10.6. The van der Waals surface area contributed by atoms with Crippen molar-refractivity contribution in [3.8, 4) is 0 Å². The normalized spacial score (nSPS) is 18.0. The number of rotatable bonds is 4. The van der Waals surface area contributed by atoms with Gasteiger partial charge in [-0.2, -0.15) is 0 Å². The number of carbonyl (C=O) groups excluding carboxylic acids is 1. The van der Waals surface area contributed by atoms with Crippen LogP contribution in [0.25, 0.3) is 0 Å². The molecule has 1 aromatic heterocycles. The summed E-state index contributed by atoms with van der Waals surface area (Å²) in [5.74, 6) is 0.197. The molecule has 0 fully saturated rings.